The highest BCUT2D eigenvalue weighted by molar-refractivity contribution is 7.47. The summed E-state index contributed by atoms with van der Waals surface area (Å²) in [5, 5.41) is 13.5. The van der Waals surface area contributed by atoms with Gasteiger partial charge in [-0.25, -0.2) is 4.57 Å². The fourth-order valence-corrected chi connectivity index (χ4v) is 6.92. The van der Waals surface area contributed by atoms with Gasteiger partial charge in [-0.1, -0.05) is 194 Å². The van der Waals surface area contributed by atoms with Crippen LogP contribution in [-0.4, -0.2) is 73.4 Å². The van der Waals surface area contributed by atoms with Crippen molar-refractivity contribution >= 4 is 13.7 Å². The van der Waals surface area contributed by atoms with E-state index in [9.17, 15) is 19.4 Å². The van der Waals surface area contributed by atoms with Gasteiger partial charge in [-0.3, -0.25) is 13.8 Å². The van der Waals surface area contributed by atoms with Crippen molar-refractivity contribution in [1.29, 1.82) is 0 Å². The van der Waals surface area contributed by atoms with Crippen LogP contribution >= 0.6 is 7.82 Å². The Labute approximate surface area is 381 Å². The molecule has 3 unspecified atom stereocenters. The molecule has 0 bridgehead atoms. The van der Waals surface area contributed by atoms with Crippen molar-refractivity contribution in [3.05, 3.63) is 109 Å². The number of hydrogen-bond acceptors (Lipinski definition) is 5. The van der Waals surface area contributed by atoms with Crippen LogP contribution in [0.2, 0.25) is 0 Å². The number of carbonyl (C=O) groups is 1. The normalized spacial score (nSPS) is 15.1. The first-order valence-corrected chi connectivity index (χ1v) is 25.8. The van der Waals surface area contributed by atoms with Gasteiger partial charge < -0.3 is 19.8 Å². The monoisotopic (exact) mass is 884 g/mol. The standard InChI is InChI=1S/C53H91N2O6P/c1-6-8-10-11-12-13-14-15-16-17-18-19-20-21-22-23-24-25-26-27-28-29-30-31-32-33-34-35-36-37-38-39-40-41-42-43-45-47-53(57)54-51(52(56)46-44-9-7-2)50-61-62(58,59)60-49-48-55(3,4)5/h8,10,12-13,15-16,18-19,21-22,24-25,27-28,30-31,44,46,51-52,56H,6-7,9,11,14,17,20,23,26,29,32-43,45,47-50H2,1-5H3,(H-,54,57,58,59)/p+1/b10-8-,13-12-,16-15-,19-18-,22-21-,25-24-,28-27-,31-30-,46-44+. The summed E-state index contributed by atoms with van der Waals surface area (Å²) in [5.41, 5.74) is 0. The SMILES string of the molecule is CC/C=C\C/C=C\C/C=C\C/C=C\C/C=C\C/C=C\C/C=C\C/C=C\CCCCCCCCCCCCCCC(=O)NC(COP(=O)(O)OCC[N+](C)(C)C)C(O)/C=C/CCC. The van der Waals surface area contributed by atoms with Crippen molar-refractivity contribution in [1.82, 2.24) is 5.32 Å². The van der Waals surface area contributed by atoms with Gasteiger partial charge >= 0.3 is 7.82 Å². The van der Waals surface area contributed by atoms with Crippen LogP contribution < -0.4 is 5.32 Å². The Morgan fingerprint density at radius 2 is 0.968 bits per heavy atom. The molecule has 0 aliphatic carbocycles. The summed E-state index contributed by atoms with van der Waals surface area (Å²) >= 11 is 0. The highest BCUT2D eigenvalue weighted by atomic mass is 31.2. The molecule has 0 saturated carbocycles. The van der Waals surface area contributed by atoms with E-state index in [2.05, 4.69) is 109 Å². The van der Waals surface area contributed by atoms with Crippen LogP contribution in [0.25, 0.3) is 0 Å². The summed E-state index contributed by atoms with van der Waals surface area (Å²) < 4.78 is 23.2. The average Bonchev–Trinajstić information content (AvgIpc) is 3.23. The molecule has 0 aliphatic rings. The van der Waals surface area contributed by atoms with Gasteiger partial charge in [0.25, 0.3) is 0 Å². The molecule has 0 aromatic carbocycles. The molecule has 0 heterocycles. The van der Waals surface area contributed by atoms with E-state index >= 15 is 0 Å². The van der Waals surface area contributed by atoms with Gasteiger partial charge in [0.15, 0.2) is 0 Å². The van der Waals surface area contributed by atoms with E-state index in [0.717, 1.165) is 83.5 Å². The lowest BCUT2D eigenvalue weighted by Crippen LogP contribution is -2.45. The number of phosphoric ester groups is 1. The number of aliphatic hydroxyl groups is 1. The minimum Gasteiger partial charge on any atom is -0.387 e. The number of likely N-dealkylation sites (N-methyl/N-ethyl adjacent to an activating group) is 1. The molecule has 0 aromatic heterocycles. The number of hydrogen-bond donors (Lipinski definition) is 3. The Kier molecular flexibility index (Phi) is 41.4. The molecule has 3 atom stereocenters. The average molecular weight is 884 g/mol. The lowest BCUT2D eigenvalue weighted by atomic mass is 10.0. The number of quaternary nitrogens is 1. The molecule has 0 aliphatic heterocycles. The van der Waals surface area contributed by atoms with Crippen molar-refractivity contribution < 1.29 is 32.9 Å². The third kappa shape index (κ3) is 45.2. The summed E-state index contributed by atoms with van der Waals surface area (Å²) in [6.45, 7) is 4.45. The molecule has 9 heteroatoms. The zero-order valence-electron chi connectivity index (χ0n) is 40.1. The van der Waals surface area contributed by atoms with Gasteiger partial charge in [0, 0.05) is 6.42 Å². The molecule has 0 saturated heterocycles. The van der Waals surface area contributed by atoms with E-state index in [4.69, 9.17) is 9.05 Å². The molecule has 0 spiro atoms. The summed E-state index contributed by atoms with van der Waals surface area (Å²) in [4.78, 5) is 22.8. The fraction of sp³-hybridized carbons (Fsp3) is 0.642. The van der Waals surface area contributed by atoms with Crippen LogP contribution in [0.3, 0.4) is 0 Å². The summed E-state index contributed by atoms with van der Waals surface area (Å²) in [6.07, 6.45) is 64.2. The van der Waals surface area contributed by atoms with Gasteiger partial charge in [-0.05, 0) is 77.0 Å². The van der Waals surface area contributed by atoms with Crippen LogP contribution in [-0.2, 0) is 18.4 Å². The number of carbonyl (C=O) groups excluding carboxylic acids is 1. The minimum absolute atomic E-state index is 0.0546. The van der Waals surface area contributed by atoms with E-state index in [1.54, 1.807) is 6.08 Å². The van der Waals surface area contributed by atoms with Crippen LogP contribution in [0.4, 0.5) is 0 Å². The zero-order valence-corrected chi connectivity index (χ0v) is 41.0. The first-order chi connectivity index (χ1) is 30.0. The summed E-state index contributed by atoms with van der Waals surface area (Å²) in [6, 6.07) is -0.849. The maximum Gasteiger partial charge on any atom is 0.472 e. The largest absolute Gasteiger partial charge is 0.472 e. The first kappa shape index (κ1) is 59.2. The second-order valence-electron chi connectivity index (χ2n) is 17.1. The first-order valence-electron chi connectivity index (χ1n) is 24.3. The highest BCUT2D eigenvalue weighted by Gasteiger charge is 2.27. The maximum atomic E-state index is 12.7. The maximum absolute atomic E-state index is 12.7. The van der Waals surface area contributed by atoms with Crippen LogP contribution in [0.15, 0.2) is 109 Å². The summed E-state index contributed by atoms with van der Waals surface area (Å²) in [7, 11) is 1.55. The number of rotatable bonds is 42. The molecule has 1 amide bonds. The number of nitrogens with one attached hydrogen (secondary N) is 1. The minimum atomic E-state index is -4.32. The van der Waals surface area contributed by atoms with Crippen molar-refractivity contribution in [2.75, 3.05) is 40.9 Å². The topological polar surface area (TPSA) is 105 Å². The Balaban J connectivity index is 3.83. The molecule has 0 radical (unpaired) electrons. The van der Waals surface area contributed by atoms with E-state index in [-0.39, 0.29) is 19.1 Å². The Morgan fingerprint density at radius 1 is 0.565 bits per heavy atom. The summed E-state index contributed by atoms with van der Waals surface area (Å²) in [5.74, 6) is -0.197. The van der Waals surface area contributed by atoms with E-state index in [1.165, 1.54) is 64.2 Å². The van der Waals surface area contributed by atoms with Crippen LogP contribution in [0.5, 0.6) is 0 Å². The van der Waals surface area contributed by atoms with E-state index in [0.29, 0.717) is 17.4 Å². The third-order valence-electron chi connectivity index (χ3n) is 9.98. The molecule has 0 rings (SSSR count). The Bertz CT molecular complexity index is 1370. The van der Waals surface area contributed by atoms with Gasteiger partial charge in [-0.2, -0.15) is 0 Å². The number of aliphatic hydroxyl groups excluding tert-OH is 1. The molecule has 8 nitrogen and oxygen atoms in total. The van der Waals surface area contributed by atoms with Crippen molar-refractivity contribution in [3.8, 4) is 0 Å². The molecule has 0 fully saturated rings. The van der Waals surface area contributed by atoms with Crippen LogP contribution in [0, 0.1) is 0 Å². The lowest BCUT2D eigenvalue weighted by molar-refractivity contribution is -0.870. The molecule has 62 heavy (non-hydrogen) atoms. The van der Waals surface area contributed by atoms with Gasteiger partial charge in [-0.15, -0.1) is 0 Å². The number of amides is 1. The molecule has 3 N–H and O–H groups in total. The molecule has 0 aromatic rings. The smallest absolute Gasteiger partial charge is 0.387 e. The van der Waals surface area contributed by atoms with Crippen molar-refractivity contribution in [2.24, 2.45) is 0 Å². The van der Waals surface area contributed by atoms with Crippen molar-refractivity contribution in [2.45, 2.75) is 180 Å². The second kappa shape index (κ2) is 43.4. The molecular weight excluding hydrogens is 792 g/mol. The zero-order chi connectivity index (χ0) is 45.7. The fourth-order valence-electron chi connectivity index (χ4n) is 6.18. The lowest BCUT2D eigenvalue weighted by Gasteiger charge is -2.25. The number of unbranched alkanes of at least 4 members (excludes halogenated alkanes) is 13. The number of allylic oxidation sites excluding steroid dienone is 17. The highest BCUT2D eigenvalue weighted by Crippen LogP contribution is 2.43. The van der Waals surface area contributed by atoms with Crippen molar-refractivity contribution in [3.63, 3.8) is 0 Å². The quantitative estimate of drug-likeness (QED) is 0.0244. The Hall–Kier alpha value is -2.84. The van der Waals surface area contributed by atoms with E-state index in [1.807, 2.05) is 34.1 Å². The molecule has 354 valence electrons. The van der Waals surface area contributed by atoms with Gasteiger partial charge in [0.05, 0.1) is 39.9 Å². The molecular formula is C53H92N2O6P+. The second-order valence-corrected chi connectivity index (χ2v) is 18.6. The predicted octanol–water partition coefficient (Wildman–Crippen LogP) is 14.1. The van der Waals surface area contributed by atoms with E-state index < -0.39 is 20.0 Å². The predicted molar refractivity (Wildman–Crippen MR) is 267 cm³/mol. The third-order valence-corrected chi connectivity index (χ3v) is 11.0. The van der Waals surface area contributed by atoms with Gasteiger partial charge in [0.1, 0.15) is 13.2 Å². The number of nitrogens with zero attached hydrogens (tertiary/aromatic N) is 1. The van der Waals surface area contributed by atoms with Gasteiger partial charge in [0.2, 0.25) is 5.91 Å². The van der Waals surface area contributed by atoms with Crippen LogP contribution in [0.1, 0.15) is 168 Å². The Morgan fingerprint density at radius 3 is 1.39 bits per heavy atom. The number of phosphoric acid groups is 1.